The smallest absolute Gasteiger partial charge is 0.338 e. The summed E-state index contributed by atoms with van der Waals surface area (Å²) in [5, 5.41) is 30.2. The summed E-state index contributed by atoms with van der Waals surface area (Å²) < 4.78 is 5.37. The van der Waals surface area contributed by atoms with Crippen molar-refractivity contribution in [2.75, 3.05) is 13.1 Å². The van der Waals surface area contributed by atoms with Gasteiger partial charge in [-0.15, -0.1) is 0 Å². The fourth-order valence-electron chi connectivity index (χ4n) is 3.28. The molecule has 0 aliphatic carbocycles. The van der Waals surface area contributed by atoms with Gasteiger partial charge in [-0.3, -0.25) is 4.90 Å². The van der Waals surface area contributed by atoms with Crippen molar-refractivity contribution in [3.63, 3.8) is 0 Å². The number of hydrogen-bond acceptors (Lipinski definition) is 6. The average Bonchev–Trinajstić information content (AvgIpc) is 2.86. The van der Waals surface area contributed by atoms with Gasteiger partial charge in [-0.25, -0.2) is 4.79 Å². The largest absolute Gasteiger partial charge is 0.455 e. The maximum absolute atomic E-state index is 12.2. The summed E-state index contributed by atoms with van der Waals surface area (Å²) in [7, 11) is 0. The Balaban J connectivity index is 1.70. The average molecular weight is 307 g/mol. The van der Waals surface area contributed by atoms with E-state index in [1.807, 2.05) is 24.0 Å². The number of esters is 1. The van der Waals surface area contributed by atoms with E-state index in [1.165, 1.54) is 0 Å². The predicted octanol–water partition coefficient (Wildman–Crippen LogP) is -0.309. The van der Waals surface area contributed by atoms with Gasteiger partial charge in [0.25, 0.3) is 0 Å². The zero-order valence-corrected chi connectivity index (χ0v) is 12.4. The van der Waals surface area contributed by atoms with E-state index in [4.69, 9.17) is 4.74 Å². The van der Waals surface area contributed by atoms with Gasteiger partial charge in [0.05, 0.1) is 17.7 Å². The van der Waals surface area contributed by atoms with Crippen LogP contribution in [0.25, 0.3) is 0 Å². The van der Waals surface area contributed by atoms with Crippen LogP contribution in [-0.2, 0) is 4.74 Å². The molecule has 2 heterocycles. The first-order valence-electron chi connectivity index (χ1n) is 7.53. The second-order valence-corrected chi connectivity index (χ2v) is 6.13. The molecule has 120 valence electrons. The highest BCUT2D eigenvalue weighted by Crippen LogP contribution is 2.29. The van der Waals surface area contributed by atoms with Crippen molar-refractivity contribution in [3.05, 3.63) is 35.4 Å². The lowest BCUT2D eigenvalue weighted by Gasteiger charge is -2.42. The number of aliphatic hydroxyl groups excluding tert-OH is 3. The fourth-order valence-corrected chi connectivity index (χ4v) is 3.28. The van der Waals surface area contributed by atoms with E-state index in [0.29, 0.717) is 25.1 Å². The number of carbonyl (C=O) groups is 1. The van der Waals surface area contributed by atoms with Crippen LogP contribution in [0, 0.1) is 6.92 Å². The van der Waals surface area contributed by atoms with Crippen LogP contribution in [0.15, 0.2) is 24.3 Å². The molecule has 1 aromatic carbocycles. The van der Waals surface area contributed by atoms with Crippen LogP contribution < -0.4 is 0 Å². The number of fused-ring (bicyclic) bond motifs is 1. The molecule has 2 fully saturated rings. The minimum atomic E-state index is -1.19. The normalized spacial score (nSPS) is 35.2. The third kappa shape index (κ3) is 2.75. The van der Waals surface area contributed by atoms with Crippen molar-refractivity contribution in [1.82, 2.24) is 4.90 Å². The molecule has 2 saturated heterocycles. The number of nitrogens with zero attached hydrogens (tertiary/aromatic N) is 1. The Morgan fingerprint density at radius 1 is 1.18 bits per heavy atom. The highest BCUT2D eigenvalue weighted by Gasteiger charge is 2.49. The summed E-state index contributed by atoms with van der Waals surface area (Å²) in [6.07, 6.45) is -3.22. The molecule has 0 amide bonds. The lowest BCUT2D eigenvalue weighted by Crippen LogP contribution is -2.62. The van der Waals surface area contributed by atoms with Crippen molar-refractivity contribution in [3.8, 4) is 0 Å². The van der Waals surface area contributed by atoms with Gasteiger partial charge in [-0.1, -0.05) is 17.7 Å². The van der Waals surface area contributed by atoms with Crippen LogP contribution in [0.2, 0.25) is 0 Å². The van der Waals surface area contributed by atoms with Crippen LogP contribution in [0.3, 0.4) is 0 Å². The maximum atomic E-state index is 12.2. The Kier molecular flexibility index (Phi) is 4.18. The second kappa shape index (κ2) is 5.96. The number of piperidine rings is 1. The van der Waals surface area contributed by atoms with E-state index in [2.05, 4.69) is 0 Å². The molecule has 5 atom stereocenters. The number of aliphatic hydroxyl groups is 3. The van der Waals surface area contributed by atoms with Gasteiger partial charge in [0.1, 0.15) is 18.3 Å². The minimum Gasteiger partial charge on any atom is -0.455 e. The molecule has 0 spiro atoms. The van der Waals surface area contributed by atoms with Crippen molar-refractivity contribution in [2.45, 2.75) is 43.8 Å². The third-order valence-corrected chi connectivity index (χ3v) is 4.57. The summed E-state index contributed by atoms with van der Waals surface area (Å²) in [5.74, 6) is -0.519. The van der Waals surface area contributed by atoms with Crippen LogP contribution in [0.1, 0.15) is 22.3 Å². The van der Waals surface area contributed by atoms with Gasteiger partial charge in [-0.2, -0.15) is 0 Å². The Hall–Kier alpha value is -1.47. The number of carbonyl (C=O) groups excluding carboxylic acids is 1. The van der Waals surface area contributed by atoms with Gasteiger partial charge in [-0.05, 0) is 25.5 Å². The molecule has 5 unspecified atom stereocenters. The Morgan fingerprint density at radius 3 is 2.55 bits per heavy atom. The van der Waals surface area contributed by atoms with Crippen molar-refractivity contribution < 1.29 is 24.9 Å². The van der Waals surface area contributed by atoms with Crippen molar-refractivity contribution in [2.24, 2.45) is 0 Å². The first kappa shape index (κ1) is 15.4. The minimum absolute atomic E-state index is 0.317. The van der Waals surface area contributed by atoms with Gasteiger partial charge in [0.2, 0.25) is 0 Å². The summed E-state index contributed by atoms with van der Waals surface area (Å²) in [6, 6.07) is 6.49. The summed E-state index contributed by atoms with van der Waals surface area (Å²) in [4.78, 5) is 14.0. The highest BCUT2D eigenvalue weighted by atomic mass is 16.6. The quantitative estimate of drug-likeness (QED) is 0.650. The monoisotopic (exact) mass is 307 g/mol. The molecular weight excluding hydrogens is 286 g/mol. The molecule has 6 nitrogen and oxygen atoms in total. The summed E-state index contributed by atoms with van der Waals surface area (Å²) in [5.41, 5.74) is 1.45. The molecule has 6 heteroatoms. The number of hydrogen-bond donors (Lipinski definition) is 3. The lowest BCUT2D eigenvalue weighted by molar-refractivity contribution is -0.143. The first-order valence-corrected chi connectivity index (χ1v) is 7.53. The molecule has 22 heavy (non-hydrogen) atoms. The molecule has 2 aliphatic heterocycles. The molecule has 3 N–H and O–H groups in total. The van der Waals surface area contributed by atoms with Gasteiger partial charge < -0.3 is 20.1 Å². The van der Waals surface area contributed by atoms with E-state index in [0.717, 1.165) is 5.56 Å². The van der Waals surface area contributed by atoms with Crippen LogP contribution in [-0.4, -0.2) is 69.7 Å². The van der Waals surface area contributed by atoms with Gasteiger partial charge in [0, 0.05) is 13.1 Å². The molecule has 0 bridgehead atoms. The lowest BCUT2D eigenvalue weighted by atomic mass is 9.93. The maximum Gasteiger partial charge on any atom is 0.338 e. The zero-order chi connectivity index (χ0) is 15.9. The standard InChI is InChI=1S/C16H21NO5/c1-9-2-4-10(5-3-9)16(21)22-12-8-17-7-6-11(18)13(17)15(20)14(12)19/h2-5,11-15,18-20H,6-8H2,1H3. The first-order chi connectivity index (χ1) is 10.5. The second-order valence-electron chi connectivity index (χ2n) is 6.13. The number of ether oxygens (including phenoxy) is 1. The molecule has 0 radical (unpaired) electrons. The fraction of sp³-hybridized carbons (Fsp3) is 0.562. The number of aryl methyl sites for hydroxylation is 1. The van der Waals surface area contributed by atoms with Crippen molar-refractivity contribution >= 4 is 5.97 Å². The molecule has 0 aromatic heterocycles. The Labute approximate surface area is 128 Å². The number of rotatable bonds is 2. The molecule has 1 aromatic rings. The molecule has 2 aliphatic rings. The van der Waals surface area contributed by atoms with E-state index < -0.39 is 36.4 Å². The molecule has 3 rings (SSSR count). The van der Waals surface area contributed by atoms with E-state index in [9.17, 15) is 20.1 Å². The summed E-state index contributed by atoms with van der Waals surface area (Å²) in [6.45, 7) is 2.86. The SMILES string of the molecule is Cc1ccc(C(=O)OC2CN3CCC(O)C3C(O)C2O)cc1. The van der Waals surface area contributed by atoms with Crippen LogP contribution in [0.4, 0.5) is 0 Å². The van der Waals surface area contributed by atoms with Gasteiger partial charge in [0.15, 0.2) is 0 Å². The van der Waals surface area contributed by atoms with Crippen LogP contribution >= 0.6 is 0 Å². The van der Waals surface area contributed by atoms with Crippen LogP contribution in [0.5, 0.6) is 0 Å². The zero-order valence-electron chi connectivity index (χ0n) is 12.4. The summed E-state index contributed by atoms with van der Waals surface area (Å²) >= 11 is 0. The Bertz CT molecular complexity index is 546. The number of benzene rings is 1. The van der Waals surface area contributed by atoms with E-state index in [1.54, 1.807) is 12.1 Å². The van der Waals surface area contributed by atoms with Crippen molar-refractivity contribution in [1.29, 1.82) is 0 Å². The third-order valence-electron chi connectivity index (χ3n) is 4.57. The van der Waals surface area contributed by atoms with E-state index >= 15 is 0 Å². The topological polar surface area (TPSA) is 90.2 Å². The Morgan fingerprint density at radius 2 is 1.86 bits per heavy atom. The highest BCUT2D eigenvalue weighted by molar-refractivity contribution is 5.89. The molecule has 0 saturated carbocycles. The predicted molar refractivity (Wildman–Crippen MR) is 78.4 cm³/mol. The molecular formula is C16H21NO5. The van der Waals surface area contributed by atoms with E-state index in [-0.39, 0.29) is 0 Å². The van der Waals surface area contributed by atoms with Gasteiger partial charge >= 0.3 is 5.97 Å².